The highest BCUT2D eigenvalue weighted by Crippen LogP contribution is 2.47. The van der Waals surface area contributed by atoms with Gasteiger partial charge in [0, 0.05) is 47.4 Å². The number of piperidine rings is 6. The maximum Gasteiger partial charge on any atom is 0.242 e. The normalized spacial score (nSPS) is 28.1. The number of benzene rings is 3. The van der Waals surface area contributed by atoms with E-state index in [1.54, 1.807) is 24.3 Å². The van der Waals surface area contributed by atoms with E-state index >= 15 is 0 Å². The van der Waals surface area contributed by atoms with Gasteiger partial charge in [0.1, 0.15) is 23.7 Å². The molecule has 3 aromatic carbocycles. The lowest BCUT2D eigenvalue weighted by molar-refractivity contribution is -0.0505. The Morgan fingerprint density at radius 3 is 1.50 bits per heavy atom. The minimum absolute atomic E-state index is 0.129. The fourth-order valence-electron chi connectivity index (χ4n) is 10.9. The molecule has 6 unspecified atom stereocenters. The number of hydrogen-bond donors (Lipinski definition) is 2. The summed E-state index contributed by atoms with van der Waals surface area (Å²) in [6, 6.07) is 23.2. The van der Waals surface area contributed by atoms with E-state index in [4.69, 9.17) is 19.7 Å². The molecule has 10 atom stereocenters. The summed E-state index contributed by atoms with van der Waals surface area (Å²) < 4.78 is 14.4. The molecule has 6 saturated heterocycles. The highest BCUT2D eigenvalue weighted by molar-refractivity contribution is 5.91. The van der Waals surface area contributed by atoms with Crippen molar-refractivity contribution >= 4 is 32.6 Å². The van der Waals surface area contributed by atoms with Crippen LogP contribution >= 0.6 is 0 Å². The fourth-order valence-corrected chi connectivity index (χ4v) is 10.9. The standard InChI is InChI=1S/C46H50N6O4/c1-3-27-25-51-19-15-29(27)21-41(51)43(33-13-17-47-39-11-9-31(53)23-37(33)39)55-45-35-7-5-6-8-36(35)46(50-49-45)56-44(42-22-30-16-20-52(42)26-28(30)4-2)34-14-18-48-40-12-10-32(54)24-38(34)40/h5-14,17-18,23-24,27-30,41-44,53-54H,3-4,15-16,19-22,25-26H2,1-2H3/t27?,28?,29?,30?,41-,42-,43+,44+/m0/s1. The number of fused-ring (bicyclic) bond motifs is 9. The minimum atomic E-state index is -0.368. The molecule has 6 aromatic rings. The monoisotopic (exact) mass is 750 g/mol. The molecule has 4 bridgehead atoms. The van der Waals surface area contributed by atoms with Crippen molar-refractivity contribution in [1.82, 2.24) is 30.0 Å². The maximum atomic E-state index is 10.6. The van der Waals surface area contributed by atoms with E-state index in [1.165, 1.54) is 25.7 Å². The van der Waals surface area contributed by atoms with E-state index < -0.39 is 0 Å². The molecular weight excluding hydrogens is 701 g/mol. The van der Waals surface area contributed by atoms with Gasteiger partial charge in [-0.15, -0.1) is 10.2 Å². The molecule has 0 radical (unpaired) electrons. The van der Waals surface area contributed by atoms with E-state index in [0.29, 0.717) is 35.4 Å². The van der Waals surface area contributed by atoms with Crippen molar-refractivity contribution < 1.29 is 19.7 Å². The molecule has 3 aromatic heterocycles. The van der Waals surface area contributed by atoms with Crippen molar-refractivity contribution in [3.05, 3.63) is 96.3 Å². The number of rotatable bonds is 10. The van der Waals surface area contributed by atoms with Gasteiger partial charge in [-0.05, 0) is 123 Å². The Balaban J connectivity index is 1.06. The van der Waals surface area contributed by atoms with Crippen LogP contribution in [0.2, 0.25) is 0 Å². The average Bonchev–Trinajstić information content (AvgIpc) is 3.25. The average molecular weight is 751 g/mol. The quantitative estimate of drug-likeness (QED) is 0.141. The number of ether oxygens (including phenoxy) is 2. The molecule has 0 saturated carbocycles. The van der Waals surface area contributed by atoms with Gasteiger partial charge in [-0.3, -0.25) is 19.8 Å². The molecule has 56 heavy (non-hydrogen) atoms. The van der Waals surface area contributed by atoms with Crippen LogP contribution in [0.4, 0.5) is 0 Å². The summed E-state index contributed by atoms with van der Waals surface area (Å²) in [4.78, 5) is 14.5. The summed E-state index contributed by atoms with van der Waals surface area (Å²) in [5.74, 6) is 3.98. The molecule has 0 amide bonds. The molecule has 6 aliphatic heterocycles. The van der Waals surface area contributed by atoms with E-state index in [9.17, 15) is 10.2 Å². The molecule has 12 rings (SSSR count). The minimum Gasteiger partial charge on any atom is -0.508 e. The van der Waals surface area contributed by atoms with Gasteiger partial charge in [-0.1, -0.05) is 38.8 Å². The smallest absolute Gasteiger partial charge is 0.242 e. The van der Waals surface area contributed by atoms with Crippen molar-refractivity contribution in [2.24, 2.45) is 23.7 Å². The zero-order valence-electron chi connectivity index (χ0n) is 32.2. The molecular formula is C46H50N6O4. The highest BCUT2D eigenvalue weighted by Gasteiger charge is 2.46. The second-order valence-electron chi connectivity index (χ2n) is 16.7. The van der Waals surface area contributed by atoms with Crippen molar-refractivity contribution in [1.29, 1.82) is 0 Å². The maximum absolute atomic E-state index is 10.6. The first-order valence-corrected chi connectivity index (χ1v) is 20.7. The third-order valence-electron chi connectivity index (χ3n) is 13.8. The number of nitrogens with zero attached hydrogens (tertiary/aromatic N) is 6. The molecule has 2 N–H and O–H groups in total. The Kier molecular flexibility index (Phi) is 9.13. The van der Waals surface area contributed by atoms with E-state index in [1.807, 2.05) is 60.9 Å². The topological polar surface area (TPSA) is 117 Å². The van der Waals surface area contributed by atoms with E-state index in [-0.39, 0.29) is 35.8 Å². The Hall–Kier alpha value is -5.06. The first-order valence-electron chi connectivity index (χ1n) is 20.7. The van der Waals surface area contributed by atoms with Gasteiger partial charge >= 0.3 is 0 Å². The van der Waals surface area contributed by atoms with E-state index in [0.717, 1.165) is 82.7 Å². The van der Waals surface area contributed by atoms with Crippen LogP contribution in [0, 0.1) is 23.7 Å². The fraction of sp³-hybridized carbons (Fsp3) is 0.435. The number of aromatic hydroxyl groups is 2. The van der Waals surface area contributed by atoms with Crippen molar-refractivity contribution in [2.45, 2.75) is 76.7 Å². The summed E-state index contributed by atoms with van der Waals surface area (Å²) in [7, 11) is 0. The number of phenolic OH excluding ortho intramolecular Hbond substituents is 2. The second kappa shape index (κ2) is 14.5. The Bertz CT molecular complexity index is 2240. The largest absolute Gasteiger partial charge is 0.508 e. The highest BCUT2D eigenvalue weighted by atomic mass is 16.5. The van der Waals surface area contributed by atoms with Gasteiger partial charge < -0.3 is 19.7 Å². The van der Waals surface area contributed by atoms with Gasteiger partial charge in [0.15, 0.2) is 0 Å². The molecule has 0 spiro atoms. The molecule has 10 heteroatoms. The SMILES string of the molecule is CCC1CN2CCC1C[C@H]2[C@H](Oc1nnc(O[C@H](c2ccnc3ccc(O)cc23)[C@@H]2CC3CCN2CC3CC)c2ccccc12)c1ccnc2ccc(O)cc12. The Morgan fingerprint density at radius 2 is 1.09 bits per heavy atom. The van der Waals surface area contributed by atoms with Crippen LogP contribution in [0.25, 0.3) is 32.6 Å². The van der Waals surface area contributed by atoms with E-state index in [2.05, 4.69) is 33.6 Å². The summed E-state index contributed by atoms with van der Waals surface area (Å²) in [5, 5.41) is 34.4. The van der Waals surface area contributed by atoms with Crippen molar-refractivity contribution in [2.75, 3.05) is 26.2 Å². The number of hydrogen-bond acceptors (Lipinski definition) is 10. The van der Waals surface area contributed by atoms with Crippen molar-refractivity contribution in [3.8, 4) is 23.3 Å². The van der Waals surface area contributed by atoms with Gasteiger partial charge in [0.25, 0.3) is 0 Å². The van der Waals surface area contributed by atoms with Crippen LogP contribution in [0.3, 0.4) is 0 Å². The zero-order valence-corrected chi connectivity index (χ0v) is 32.2. The molecule has 288 valence electrons. The van der Waals surface area contributed by atoms with Crippen molar-refractivity contribution in [3.63, 3.8) is 0 Å². The third-order valence-corrected chi connectivity index (χ3v) is 13.8. The van der Waals surface area contributed by atoms with Crippen LogP contribution in [0.15, 0.2) is 85.2 Å². The van der Waals surface area contributed by atoms with Crippen LogP contribution in [-0.4, -0.2) is 78.4 Å². The van der Waals surface area contributed by atoms with Gasteiger partial charge in [-0.2, -0.15) is 0 Å². The summed E-state index contributed by atoms with van der Waals surface area (Å²) in [5.41, 5.74) is 3.61. The summed E-state index contributed by atoms with van der Waals surface area (Å²) >= 11 is 0. The Morgan fingerprint density at radius 1 is 0.625 bits per heavy atom. The second-order valence-corrected chi connectivity index (χ2v) is 16.7. The first kappa shape index (κ1) is 35.4. The van der Waals surface area contributed by atoms with Crippen LogP contribution in [0.1, 0.15) is 75.7 Å². The number of pyridine rings is 2. The molecule has 9 heterocycles. The number of aromatic nitrogens is 4. The molecule has 10 nitrogen and oxygen atoms in total. The zero-order chi connectivity index (χ0) is 37.9. The van der Waals surface area contributed by atoms with Crippen LogP contribution < -0.4 is 9.47 Å². The third kappa shape index (κ3) is 6.18. The predicted molar refractivity (Wildman–Crippen MR) is 217 cm³/mol. The lowest BCUT2D eigenvalue weighted by atomic mass is 9.72. The number of phenols is 2. The summed E-state index contributed by atoms with van der Waals surface area (Å²) in [6.45, 7) is 8.81. The lowest BCUT2D eigenvalue weighted by Crippen LogP contribution is -2.56. The van der Waals surface area contributed by atoms with Gasteiger partial charge in [0.2, 0.25) is 11.8 Å². The summed E-state index contributed by atoms with van der Waals surface area (Å²) in [6.07, 6.45) is 9.80. The lowest BCUT2D eigenvalue weighted by Gasteiger charge is -2.52. The van der Waals surface area contributed by atoms with Gasteiger partial charge in [-0.25, -0.2) is 0 Å². The predicted octanol–water partition coefficient (Wildman–Crippen LogP) is 8.62. The molecule has 0 aliphatic carbocycles. The first-order chi connectivity index (χ1) is 27.4. The van der Waals surface area contributed by atoms with Gasteiger partial charge in [0.05, 0.1) is 33.9 Å². The molecule has 6 fully saturated rings. The van der Waals surface area contributed by atoms with Crippen LogP contribution in [-0.2, 0) is 0 Å². The van der Waals surface area contributed by atoms with Crippen LogP contribution in [0.5, 0.6) is 23.3 Å². The molecule has 6 aliphatic rings. The Labute approximate surface area is 327 Å².